The minimum Gasteiger partial charge on any atom is -0.342 e. The second kappa shape index (κ2) is 8.25. The number of nitrogens with one attached hydrogen (secondary N) is 1. The minimum atomic E-state index is 1.05. The lowest BCUT2D eigenvalue weighted by Crippen LogP contribution is -1.88. The highest BCUT2D eigenvalue weighted by Gasteiger charge is 2.02. The molecule has 0 saturated carbocycles. The van der Waals surface area contributed by atoms with E-state index in [9.17, 15) is 0 Å². The number of hydrogen-bond acceptors (Lipinski definition) is 1. The van der Waals surface area contributed by atoms with Gasteiger partial charge in [-0.25, -0.2) is 4.98 Å². The van der Waals surface area contributed by atoms with Crippen LogP contribution < -0.4 is 0 Å². The number of H-pyrrole nitrogens is 1. The Morgan fingerprint density at radius 1 is 1.10 bits per heavy atom. The van der Waals surface area contributed by atoms with Crippen molar-refractivity contribution >= 4 is 27.0 Å². The molecule has 0 aliphatic carbocycles. The van der Waals surface area contributed by atoms with Crippen molar-refractivity contribution in [3.05, 3.63) is 41.2 Å². The van der Waals surface area contributed by atoms with Gasteiger partial charge in [0.2, 0.25) is 0 Å². The molecule has 3 heteroatoms. The first-order chi connectivity index (χ1) is 9.79. The number of halogens is 1. The second-order valence-corrected chi connectivity index (χ2v) is 6.21. The number of nitrogens with zero attached hydrogens (tertiary/aromatic N) is 1. The van der Waals surface area contributed by atoms with Crippen molar-refractivity contribution < 1.29 is 0 Å². The molecule has 2 nitrogen and oxygen atoms in total. The zero-order valence-electron chi connectivity index (χ0n) is 12.0. The van der Waals surface area contributed by atoms with E-state index in [1.165, 1.54) is 38.5 Å². The van der Waals surface area contributed by atoms with Gasteiger partial charge in [-0.2, -0.15) is 0 Å². The third-order valence-corrected chi connectivity index (χ3v) is 4.06. The fourth-order valence-corrected chi connectivity index (χ4v) is 2.80. The smallest absolute Gasteiger partial charge is 0.107 e. The van der Waals surface area contributed by atoms with Crippen LogP contribution in [0.25, 0.3) is 11.0 Å². The van der Waals surface area contributed by atoms with E-state index in [2.05, 4.69) is 44.6 Å². The van der Waals surface area contributed by atoms with Crippen molar-refractivity contribution in [1.82, 2.24) is 9.97 Å². The van der Waals surface area contributed by atoms with Crippen molar-refractivity contribution in [3.63, 3.8) is 0 Å². The molecule has 0 atom stereocenters. The molecule has 0 bridgehead atoms. The van der Waals surface area contributed by atoms with Gasteiger partial charge in [-0.1, -0.05) is 47.7 Å². The van der Waals surface area contributed by atoms with E-state index < -0.39 is 0 Å². The fourth-order valence-electron chi connectivity index (χ4n) is 2.44. The predicted molar refractivity (Wildman–Crippen MR) is 90.0 cm³/mol. The molecule has 1 heterocycles. The first-order valence-electron chi connectivity index (χ1n) is 7.54. The number of aryl methyl sites for hydroxylation is 1. The second-order valence-electron chi connectivity index (χ2n) is 5.29. The van der Waals surface area contributed by atoms with Crippen LogP contribution in [0.5, 0.6) is 0 Å². The third kappa shape index (κ3) is 4.78. The Labute approximate surface area is 129 Å². The van der Waals surface area contributed by atoms with E-state index in [1.54, 1.807) is 0 Å². The number of hydrogen-bond donors (Lipinski definition) is 1. The van der Waals surface area contributed by atoms with E-state index in [0.717, 1.165) is 34.2 Å². The summed E-state index contributed by atoms with van der Waals surface area (Å²) in [4.78, 5) is 8.03. The summed E-state index contributed by atoms with van der Waals surface area (Å²) in [5.41, 5.74) is 2.19. The number of aromatic amines is 1. The van der Waals surface area contributed by atoms with Crippen LogP contribution in [-0.4, -0.2) is 9.97 Å². The minimum absolute atomic E-state index is 1.05. The van der Waals surface area contributed by atoms with Crippen LogP contribution in [0.1, 0.15) is 50.8 Å². The molecule has 20 heavy (non-hydrogen) atoms. The van der Waals surface area contributed by atoms with Crippen LogP contribution in [0.4, 0.5) is 0 Å². The highest BCUT2D eigenvalue weighted by atomic mass is 79.9. The number of allylic oxidation sites excluding steroid dienone is 1. The van der Waals surface area contributed by atoms with E-state index in [4.69, 9.17) is 0 Å². The lowest BCUT2D eigenvalue weighted by atomic mass is 10.1. The topological polar surface area (TPSA) is 28.7 Å². The van der Waals surface area contributed by atoms with E-state index in [-0.39, 0.29) is 0 Å². The summed E-state index contributed by atoms with van der Waals surface area (Å²) in [6.45, 7) is 3.75. The summed E-state index contributed by atoms with van der Waals surface area (Å²) in [5.74, 6) is 1.12. The maximum Gasteiger partial charge on any atom is 0.107 e. The van der Waals surface area contributed by atoms with Gasteiger partial charge in [-0.3, -0.25) is 0 Å². The summed E-state index contributed by atoms with van der Waals surface area (Å²) >= 11 is 3.49. The predicted octanol–water partition coefficient (Wildman–Crippen LogP) is 5.78. The average Bonchev–Trinajstić information content (AvgIpc) is 2.83. The maximum absolute atomic E-state index is 4.62. The molecule has 108 valence electrons. The molecular weight excluding hydrogens is 312 g/mol. The largest absolute Gasteiger partial charge is 0.342 e. The zero-order valence-corrected chi connectivity index (χ0v) is 13.6. The third-order valence-electron chi connectivity index (χ3n) is 3.56. The Bertz CT molecular complexity index is 545. The van der Waals surface area contributed by atoms with Crippen molar-refractivity contribution in [2.24, 2.45) is 0 Å². The first kappa shape index (κ1) is 15.3. The van der Waals surface area contributed by atoms with Gasteiger partial charge in [0.15, 0.2) is 0 Å². The number of benzene rings is 1. The molecule has 0 spiro atoms. The Balaban J connectivity index is 1.67. The van der Waals surface area contributed by atoms with Gasteiger partial charge in [-0.05, 0) is 37.5 Å². The van der Waals surface area contributed by atoms with Crippen LogP contribution in [0.2, 0.25) is 0 Å². The zero-order chi connectivity index (χ0) is 14.2. The first-order valence-corrected chi connectivity index (χ1v) is 8.34. The molecule has 0 radical (unpaired) electrons. The molecule has 0 amide bonds. The van der Waals surface area contributed by atoms with Crippen LogP contribution >= 0.6 is 15.9 Å². The molecule has 0 aliphatic rings. The average molecular weight is 335 g/mol. The molecular formula is C17H23BrN2. The van der Waals surface area contributed by atoms with Gasteiger partial charge in [0.25, 0.3) is 0 Å². The van der Waals surface area contributed by atoms with Crippen LogP contribution in [0.15, 0.2) is 35.3 Å². The number of aromatic nitrogens is 2. The molecule has 1 aromatic heterocycles. The summed E-state index contributed by atoms with van der Waals surface area (Å²) in [6, 6.07) is 6.18. The standard InChI is InChI=1S/C17H23BrN2/c1-2-3-4-5-6-7-8-9-10-17-19-15-12-11-14(18)13-16(15)20-17/h2,11-13H,1,3-10H2,(H,19,20). The van der Waals surface area contributed by atoms with Gasteiger partial charge in [0, 0.05) is 10.9 Å². The molecule has 1 aromatic carbocycles. The molecule has 0 saturated heterocycles. The Kier molecular flexibility index (Phi) is 6.31. The molecule has 0 aliphatic heterocycles. The summed E-state index contributed by atoms with van der Waals surface area (Å²) in [6.07, 6.45) is 12.1. The van der Waals surface area contributed by atoms with Gasteiger partial charge in [-0.15, -0.1) is 6.58 Å². The number of rotatable bonds is 9. The van der Waals surface area contributed by atoms with E-state index in [0.29, 0.717) is 0 Å². The summed E-state index contributed by atoms with van der Waals surface area (Å²) < 4.78 is 1.10. The maximum atomic E-state index is 4.62. The molecule has 0 unspecified atom stereocenters. The number of imidazole rings is 1. The normalized spacial score (nSPS) is 11.1. The quantitative estimate of drug-likeness (QED) is 0.456. The Morgan fingerprint density at radius 2 is 1.85 bits per heavy atom. The number of unbranched alkanes of at least 4 members (excludes halogenated alkanes) is 6. The molecule has 1 N–H and O–H groups in total. The van der Waals surface area contributed by atoms with Crippen LogP contribution in [0, 0.1) is 0 Å². The van der Waals surface area contributed by atoms with Crippen molar-refractivity contribution in [2.45, 2.75) is 51.4 Å². The lowest BCUT2D eigenvalue weighted by molar-refractivity contribution is 0.593. The summed E-state index contributed by atoms with van der Waals surface area (Å²) in [5, 5.41) is 0. The van der Waals surface area contributed by atoms with Gasteiger partial charge in [0.1, 0.15) is 5.82 Å². The van der Waals surface area contributed by atoms with Gasteiger partial charge >= 0.3 is 0 Å². The van der Waals surface area contributed by atoms with E-state index in [1.807, 2.05) is 12.1 Å². The van der Waals surface area contributed by atoms with Crippen LogP contribution in [0.3, 0.4) is 0 Å². The highest BCUT2D eigenvalue weighted by molar-refractivity contribution is 9.10. The number of fused-ring (bicyclic) bond motifs is 1. The lowest BCUT2D eigenvalue weighted by Gasteiger charge is -1.99. The van der Waals surface area contributed by atoms with Crippen molar-refractivity contribution in [2.75, 3.05) is 0 Å². The van der Waals surface area contributed by atoms with E-state index >= 15 is 0 Å². The SMILES string of the molecule is C=CCCCCCCCCc1nc2ccc(Br)cc2[nH]1. The summed E-state index contributed by atoms with van der Waals surface area (Å²) in [7, 11) is 0. The monoisotopic (exact) mass is 334 g/mol. The van der Waals surface area contributed by atoms with Crippen molar-refractivity contribution in [1.29, 1.82) is 0 Å². The molecule has 2 rings (SSSR count). The van der Waals surface area contributed by atoms with Crippen molar-refractivity contribution in [3.8, 4) is 0 Å². The molecule has 2 aromatic rings. The molecule has 0 fully saturated rings. The fraction of sp³-hybridized carbons (Fsp3) is 0.471. The van der Waals surface area contributed by atoms with Gasteiger partial charge < -0.3 is 4.98 Å². The highest BCUT2D eigenvalue weighted by Crippen LogP contribution is 2.18. The van der Waals surface area contributed by atoms with Gasteiger partial charge in [0.05, 0.1) is 11.0 Å². The Morgan fingerprint density at radius 3 is 2.65 bits per heavy atom. The van der Waals surface area contributed by atoms with Crippen LogP contribution in [-0.2, 0) is 6.42 Å². The Hall–Kier alpha value is -1.09.